The number of carbonyl (C=O) groups is 3. The number of allylic oxidation sites excluding steroid dienone is 2. The van der Waals surface area contributed by atoms with Crippen LogP contribution < -0.4 is 16.0 Å². The second kappa shape index (κ2) is 5.44. The highest BCUT2D eigenvalue weighted by atomic mass is 16.2. The quantitative estimate of drug-likeness (QED) is 0.728. The summed E-state index contributed by atoms with van der Waals surface area (Å²) in [6.07, 6.45) is 0.673. The molecule has 1 aliphatic carbocycles. The fourth-order valence-electron chi connectivity index (χ4n) is 4.31. The first-order chi connectivity index (χ1) is 11.9. The molecule has 0 bridgehead atoms. The third-order valence-corrected chi connectivity index (χ3v) is 5.26. The standard InChI is InChI=1S/C19H21N3O3/c1-19(2)8-11-14(12(23)9-19)13(10-6-4-3-5-7-10)15-16(20-11)21-18(25)22-17(15)24/h3-7,13,15-16,20H,8-9H2,1-2H3,(H2,21,22,24,25). The topological polar surface area (TPSA) is 87.3 Å². The molecule has 1 fully saturated rings. The van der Waals surface area contributed by atoms with Crippen molar-refractivity contribution in [3.05, 3.63) is 47.2 Å². The smallest absolute Gasteiger partial charge is 0.323 e. The number of rotatable bonds is 1. The summed E-state index contributed by atoms with van der Waals surface area (Å²) in [5, 5.41) is 8.41. The van der Waals surface area contributed by atoms with E-state index in [-0.39, 0.29) is 23.0 Å². The van der Waals surface area contributed by atoms with Crippen molar-refractivity contribution in [2.45, 2.75) is 38.8 Å². The van der Waals surface area contributed by atoms with Crippen molar-refractivity contribution in [2.24, 2.45) is 11.3 Å². The minimum atomic E-state index is -0.552. The number of urea groups is 1. The van der Waals surface area contributed by atoms with Gasteiger partial charge in [-0.15, -0.1) is 0 Å². The summed E-state index contributed by atoms with van der Waals surface area (Å²) < 4.78 is 0. The zero-order valence-corrected chi connectivity index (χ0v) is 14.3. The van der Waals surface area contributed by atoms with Crippen LogP contribution in [0.3, 0.4) is 0 Å². The van der Waals surface area contributed by atoms with Crippen LogP contribution in [-0.4, -0.2) is 23.9 Å². The molecule has 6 heteroatoms. The van der Waals surface area contributed by atoms with Gasteiger partial charge in [-0.1, -0.05) is 44.2 Å². The van der Waals surface area contributed by atoms with Crippen molar-refractivity contribution in [3.8, 4) is 0 Å². The Kier molecular flexibility index (Phi) is 3.45. The molecule has 1 saturated heterocycles. The van der Waals surface area contributed by atoms with E-state index in [0.717, 1.165) is 17.7 Å². The van der Waals surface area contributed by atoms with Crippen molar-refractivity contribution in [1.29, 1.82) is 0 Å². The molecule has 0 aromatic heterocycles. The lowest BCUT2D eigenvalue weighted by Crippen LogP contribution is -2.66. The number of Topliss-reactive ketones (excluding diaryl/α,β-unsaturated/α-hetero) is 1. The Morgan fingerprint density at radius 2 is 1.72 bits per heavy atom. The lowest BCUT2D eigenvalue weighted by Gasteiger charge is -2.46. The van der Waals surface area contributed by atoms with Crippen LogP contribution in [0.1, 0.15) is 38.2 Å². The Hall–Kier alpha value is -2.63. The van der Waals surface area contributed by atoms with Gasteiger partial charge in [-0.25, -0.2) is 4.79 Å². The average Bonchev–Trinajstić information content (AvgIpc) is 2.52. The van der Waals surface area contributed by atoms with Gasteiger partial charge in [0.1, 0.15) is 6.17 Å². The molecule has 3 N–H and O–H groups in total. The van der Waals surface area contributed by atoms with Gasteiger partial charge in [-0.2, -0.15) is 0 Å². The number of imide groups is 1. The summed E-state index contributed by atoms with van der Waals surface area (Å²) >= 11 is 0. The molecule has 3 aliphatic rings. The second-order valence-corrected chi connectivity index (χ2v) is 7.83. The largest absolute Gasteiger partial charge is 0.368 e. The van der Waals surface area contributed by atoms with Crippen LogP contribution >= 0.6 is 0 Å². The van der Waals surface area contributed by atoms with Crippen molar-refractivity contribution in [1.82, 2.24) is 16.0 Å². The summed E-state index contributed by atoms with van der Waals surface area (Å²) in [6.45, 7) is 4.12. The zero-order valence-electron chi connectivity index (χ0n) is 14.3. The lowest BCUT2D eigenvalue weighted by molar-refractivity contribution is -0.127. The van der Waals surface area contributed by atoms with E-state index in [4.69, 9.17) is 0 Å². The Morgan fingerprint density at radius 3 is 2.44 bits per heavy atom. The van der Waals surface area contributed by atoms with Gasteiger partial charge in [0.25, 0.3) is 0 Å². The first-order valence-corrected chi connectivity index (χ1v) is 8.55. The van der Waals surface area contributed by atoms with Crippen LogP contribution in [0, 0.1) is 11.3 Å². The highest BCUT2D eigenvalue weighted by molar-refractivity contribution is 6.04. The van der Waals surface area contributed by atoms with Gasteiger partial charge in [0.15, 0.2) is 5.78 Å². The first-order valence-electron chi connectivity index (χ1n) is 8.55. The molecule has 4 rings (SSSR count). The SMILES string of the molecule is CC1(C)CC(=O)C2=C(C1)NC1NC(=O)NC(=O)C1C2c1ccccc1. The molecule has 1 aromatic carbocycles. The zero-order chi connectivity index (χ0) is 17.8. The minimum Gasteiger partial charge on any atom is -0.368 e. The van der Waals surface area contributed by atoms with Crippen molar-refractivity contribution in [3.63, 3.8) is 0 Å². The number of benzene rings is 1. The van der Waals surface area contributed by atoms with Crippen LogP contribution in [0.4, 0.5) is 4.79 Å². The van der Waals surface area contributed by atoms with Gasteiger partial charge in [-0.05, 0) is 17.4 Å². The highest BCUT2D eigenvalue weighted by Gasteiger charge is 2.50. The predicted octanol–water partition coefficient (Wildman–Crippen LogP) is 1.80. The van der Waals surface area contributed by atoms with Gasteiger partial charge in [0.05, 0.1) is 5.92 Å². The van der Waals surface area contributed by atoms with Crippen LogP contribution in [-0.2, 0) is 9.59 Å². The molecule has 6 nitrogen and oxygen atoms in total. The van der Waals surface area contributed by atoms with E-state index in [1.807, 2.05) is 30.3 Å². The molecule has 3 unspecified atom stereocenters. The van der Waals surface area contributed by atoms with Gasteiger partial charge in [-0.3, -0.25) is 14.9 Å². The Bertz CT molecular complexity index is 797. The molecule has 0 radical (unpaired) electrons. The number of hydrogen-bond donors (Lipinski definition) is 3. The Morgan fingerprint density at radius 1 is 1.00 bits per heavy atom. The van der Waals surface area contributed by atoms with Crippen molar-refractivity contribution < 1.29 is 14.4 Å². The molecular weight excluding hydrogens is 318 g/mol. The minimum absolute atomic E-state index is 0.0794. The first kappa shape index (κ1) is 15.9. The maximum absolute atomic E-state index is 13.0. The normalized spacial score (nSPS) is 30.6. The molecule has 25 heavy (non-hydrogen) atoms. The second-order valence-electron chi connectivity index (χ2n) is 7.83. The van der Waals surface area contributed by atoms with Crippen molar-refractivity contribution >= 4 is 17.7 Å². The number of amides is 3. The number of hydrogen-bond acceptors (Lipinski definition) is 4. The van der Waals surface area contributed by atoms with E-state index < -0.39 is 18.1 Å². The third kappa shape index (κ3) is 2.62. The van der Waals surface area contributed by atoms with E-state index >= 15 is 0 Å². The summed E-state index contributed by atoms with van der Waals surface area (Å²) in [6, 6.07) is 9.09. The summed E-state index contributed by atoms with van der Waals surface area (Å²) in [7, 11) is 0. The predicted molar refractivity (Wildman–Crippen MR) is 91.3 cm³/mol. The van der Waals surface area contributed by atoms with E-state index in [0.29, 0.717) is 12.0 Å². The third-order valence-electron chi connectivity index (χ3n) is 5.26. The maximum atomic E-state index is 13.0. The van der Waals surface area contributed by atoms with Gasteiger partial charge < -0.3 is 10.6 Å². The molecule has 130 valence electrons. The van der Waals surface area contributed by atoms with Crippen LogP contribution in [0.15, 0.2) is 41.6 Å². The van der Waals surface area contributed by atoms with E-state index in [2.05, 4.69) is 29.8 Å². The number of carbonyl (C=O) groups excluding carboxylic acids is 3. The van der Waals surface area contributed by atoms with E-state index in [9.17, 15) is 14.4 Å². The lowest BCUT2D eigenvalue weighted by atomic mass is 9.66. The number of nitrogens with one attached hydrogen (secondary N) is 3. The van der Waals surface area contributed by atoms with Crippen LogP contribution in [0.5, 0.6) is 0 Å². The van der Waals surface area contributed by atoms with E-state index in [1.165, 1.54) is 0 Å². The fourth-order valence-corrected chi connectivity index (χ4v) is 4.31. The van der Waals surface area contributed by atoms with Gasteiger partial charge >= 0.3 is 6.03 Å². The number of ketones is 1. The molecular formula is C19H21N3O3. The fraction of sp³-hybridized carbons (Fsp3) is 0.421. The summed E-state index contributed by atoms with van der Waals surface area (Å²) in [4.78, 5) is 37.3. The van der Waals surface area contributed by atoms with Gasteiger partial charge in [0.2, 0.25) is 5.91 Å². The van der Waals surface area contributed by atoms with Crippen LogP contribution in [0.2, 0.25) is 0 Å². The molecule has 0 saturated carbocycles. The van der Waals surface area contributed by atoms with Gasteiger partial charge in [0, 0.05) is 23.6 Å². The summed E-state index contributed by atoms with van der Waals surface area (Å²) in [5.74, 6) is -1.18. The Labute approximate surface area is 146 Å². The average molecular weight is 339 g/mol. The molecule has 2 aliphatic heterocycles. The summed E-state index contributed by atoms with van der Waals surface area (Å²) in [5.41, 5.74) is 2.33. The number of fused-ring (bicyclic) bond motifs is 1. The van der Waals surface area contributed by atoms with Crippen LogP contribution in [0.25, 0.3) is 0 Å². The molecule has 3 atom stereocenters. The monoisotopic (exact) mass is 339 g/mol. The molecule has 0 spiro atoms. The highest BCUT2D eigenvalue weighted by Crippen LogP contribution is 2.47. The van der Waals surface area contributed by atoms with Crippen molar-refractivity contribution in [2.75, 3.05) is 0 Å². The molecule has 2 heterocycles. The molecule has 3 amide bonds. The maximum Gasteiger partial charge on any atom is 0.323 e. The van der Waals surface area contributed by atoms with E-state index in [1.54, 1.807) is 0 Å². The molecule has 1 aromatic rings. The Balaban J connectivity index is 1.87.